The van der Waals surface area contributed by atoms with Crippen molar-refractivity contribution in [3.8, 4) is 5.75 Å². The van der Waals surface area contributed by atoms with E-state index in [2.05, 4.69) is 5.32 Å². The van der Waals surface area contributed by atoms with Gasteiger partial charge in [-0.3, -0.25) is 0 Å². The number of ether oxygens (including phenoxy) is 2. The van der Waals surface area contributed by atoms with Crippen molar-refractivity contribution in [1.29, 1.82) is 0 Å². The molecule has 0 spiro atoms. The van der Waals surface area contributed by atoms with Gasteiger partial charge in [-0.15, -0.1) is 0 Å². The summed E-state index contributed by atoms with van der Waals surface area (Å²) in [6.45, 7) is 4.43. The highest BCUT2D eigenvalue weighted by Gasteiger charge is 2.20. The molecule has 0 aromatic heterocycles. The number of sulfone groups is 1. The van der Waals surface area contributed by atoms with Crippen molar-refractivity contribution in [3.63, 3.8) is 0 Å². The number of para-hydroxylation sites is 1. The zero-order valence-corrected chi connectivity index (χ0v) is 12.5. The molecule has 0 saturated carbocycles. The Kier molecular flexibility index (Phi) is 5.39. The molecule has 1 aliphatic heterocycles. The maximum Gasteiger partial charge on any atom is 0.182 e. The Morgan fingerprint density at radius 3 is 2.90 bits per heavy atom. The molecule has 1 atom stereocenters. The quantitative estimate of drug-likeness (QED) is 0.856. The van der Waals surface area contributed by atoms with E-state index in [1.54, 1.807) is 24.3 Å². The minimum Gasteiger partial charge on any atom is -0.489 e. The summed E-state index contributed by atoms with van der Waals surface area (Å²) in [5, 5.41) is 3.21. The van der Waals surface area contributed by atoms with Gasteiger partial charge in [0.05, 0.1) is 12.4 Å². The molecule has 6 heteroatoms. The summed E-state index contributed by atoms with van der Waals surface area (Å²) >= 11 is 0. The molecule has 112 valence electrons. The first-order valence-corrected chi connectivity index (χ1v) is 8.55. The van der Waals surface area contributed by atoms with Crippen molar-refractivity contribution in [2.24, 2.45) is 0 Å². The van der Waals surface area contributed by atoms with Crippen molar-refractivity contribution < 1.29 is 17.9 Å². The summed E-state index contributed by atoms with van der Waals surface area (Å²) in [6.07, 6.45) is 0.553. The zero-order valence-electron chi connectivity index (χ0n) is 11.7. The average Bonchev–Trinajstić information content (AvgIpc) is 2.46. The van der Waals surface area contributed by atoms with E-state index in [4.69, 9.17) is 9.47 Å². The Morgan fingerprint density at radius 1 is 1.40 bits per heavy atom. The fourth-order valence-corrected chi connectivity index (χ4v) is 3.59. The monoisotopic (exact) mass is 299 g/mol. The van der Waals surface area contributed by atoms with Crippen LogP contribution in [0, 0.1) is 0 Å². The van der Waals surface area contributed by atoms with Crippen LogP contribution in [-0.2, 0) is 14.6 Å². The third-order valence-electron chi connectivity index (χ3n) is 3.09. The Morgan fingerprint density at radius 2 is 2.20 bits per heavy atom. The highest BCUT2D eigenvalue weighted by Crippen LogP contribution is 2.25. The van der Waals surface area contributed by atoms with Gasteiger partial charge in [0.15, 0.2) is 9.84 Å². The number of hydrogen-bond acceptors (Lipinski definition) is 5. The van der Waals surface area contributed by atoms with E-state index in [9.17, 15) is 8.42 Å². The molecule has 1 aliphatic rings. The fourth-order valence-electron chi connectivity index (χ4n) is 2.11. The van der Waals surface area contributed by atoms with Gasteiger partial charge in [0, 0.05) is 13.1 Å². The van der Waals surface area contributed by atoms with E-state index < -0.39 is 9.84 Å². The van der Waals surface area contributed by atoms with Gasteiger partial charge in [-0.05, 0) is 18.6 Å². The van der Waals surface area contributed by atoms with Gasteiger partial charge in [-0.2, -0.15) is 0 Å². The van der Waals surface area contributed by atoms with Gasteiger partial charge < -0.3 is 14.8 Å². The Balaban J connectivity index is 2.07. The molecule has 0 amide bonds. The van der Waals surface area contributed by atoms with Crippen LogP contribution in [0.5, 0.6) is 5.75 Å². The SMILES string of the molecule is CCCS(=O)(=O)c1ccccc1OCC1CNCCO1. The maximum absolute atomic E-state index is 12.2. The van der Waals surface area contributed by atoms with Gasteiger partial charge in [0.25, 0.3) is 0 Å². The maximum atomic E-state index is 12.2. The average molecular weight is 299 g/mol. The second-order valence-electron chi connectivity index (χ2n) is 4.77. The zero-order chi connectivity index (χ0) is 14.4. The molecule has 1 aromatic rings. The molecule has 1 fully saturated rings. The first-order valence-electron chi connectivity index (χ1n) is 6.90. The van der Waals surface area contributed by atoms with Crippen LogP contribution in [-0.4, -0.2) is 46.6 Å². The molecule has 0 radical (unpaired) electrons. The van der Waals surface area contributed by atoms with Crippen LogP contribution in [0.1, 0.15) is 13.3 Å². The molecule has 1 N–H and O–H groups in total. The summed E-state index contributed by atoms with van der Waals surface area (Å²) in [5.74, 6) is 0.546. The number of morpholine rings is 1. The molecule has 5 nitrogen and oxygen atoms in total. The van der Waals surface area contributed by atoms with Crippen molar-refractivity contribution in [2.45, 2.75) is 24.3 Å². The van der Waals surface area contributed by atoms with E-state index in [-0.39, 0.29) is 16.8 Å². The minimum absolute atomic E-state index is 0.0364. The van der Waals surface area contributed by atoms with Crippen molar-refractivity contribution >= 4 is 9.84 Å². The summed E-state index contributed by atoms with van der Waals surface area (Å²) in [7, 11) is -3.28. The highest BCUT2D eigenvalue weighted by molar-refractivity contribution is 7.91. The van der Waals surface area contributed by atoms with Crippen LogP contribution in [0.2, 0.25) is 0 Å². The van der Waals surface area contributed by atoms with E-state index in [1.807, 2.05) is 6.92 Å². The predicted octanol–water partition coefficient (Wildman–Crippen LogP) is 1.24. The van der Waals surface area contributed by atoms with Crippen molar-refractivity contribution in [3.05, 3.63) is 24.3 Å². The molecule has 1 saturated heterocycles. The van der Waals surface area contributed by atoms with Crippen LogP contribution in [0.4, 0.5) is 0 Å². The number of hydrogen-bond donors (Lipinski definition) is 1. The van der Waals surface area contributed by atoms with Gasteiger partial charge in [-0.1, -0.05) is 19.1 Å². The lowest BCUT2D eigenvalue weighted by atomic mass is 10.3. The first kappa shape index (κ1) is 15.3. The second kappa shape index (κ2) is 7.06. The van der Waals surface area contributed by atoms with E-state index in [0.29, 0.717) is 25.4 Å². The molecule has 0 aliphatic carbocycles. The second-order valence-corrected chi connectivity index (χ2v) is 6.85. The smallest absolute Gasteiger partial charge is 0.182 e. The van der Waals surface area contributed by atoms with Crippen molar-refractivity contribution in [2.75, 3.05) is 32.1 Å². The van der Waals surface area contributed by atoms with Gasteiger partial charge >= 0.3 is 0 Å². The minimum atomic E-state index is -3.28. The lowest BCUT2D eigenvalue weighted by Crippen LogP contribution is -2.41. The van der Waals surface area contributed by atoms with Crippen LogP contribution in [0.15, 0.2) is 29.2 Å². The lowest BCUT2D eigenvalue weighted by Gasteiger charge is -2.24. The van der Waals surface area contributed by atoms with Gasteiger partial charge in [0.1, 0.15) is 23.4 Å². The third kappa shape index (κ3) is 3.94. The molecule has 1 heterocycles. The summed E-state index contributed by atoms with van der Waals surface area (Å²) < 4.78 is 35.6. The van der Waals surface area contributed by atoms with Gasteiger partial charge in [0.2, 0.25) is 0 Å². The van der Waals surface area contributed by atoms with E-state index in [1.165, 1.54) is 0 Å². The number of rotatable bonds is 6. The summed E-state index contributed by atoms with van der Waals surface area (Å²) in [4.78, 5) is 0.269. The molecule has 1 unspecified atom stereocenters. The van der Waals surface area contributed by atoms with Crippen LogP contribution in [0.3, 0.4) is 0 Å². The molecule has 20 heavy (non-hydrogen) atoms. The standard InChI is InChI=1S/C14H21NO4S/c1-2-9-20(16,17)14-6-4-3-5-13(14)19-11-12-10-15-7-8-18-12/h3-6,12,15H,2,7-11H2,1H3. The molecule has 2 rings (SSSR count). The van der Waals surface area contributed by atoms with E-state index in [0.717, 1.165) is 13.1 Å². The third-order valence-corrected chi connectivity index (χ3v) is 5.04. The summed E-state index contributed by atoms with van der Waals surface area (Å²) in [5.41, 5.74) is 0. The lowest BCUT2D eigenvalue weighted by molar-refractivity contribution is -0.000401. The van der Waals surface area contributed by atoms with Crippen LogP contribution < -0.4 is 10.1 Å². The number of nitrogens with one attached hydrogen (secondary N) is 1. The molecular formula is C14H21NO4S. The Hall–Kier alpha value is -1.11. The van der Waals surface area contributed by atoms with Gasteiger partial charge in [-0.25, -0.2) is 8.42 Å². The number of benzene rings is 1. The fraction of sp³-hybridized carbons (Fsp3) is 0.571. The first-order chi connectivity index (χ1) is 9.63. The largest absolute Gasteiger partial charge is 0.489 e. The molecule has 1 aromatic carbocycles. The normalized spacial score (nSPS) is 19.8. The Bertz CT molecular complexity index is 524. The summed E-state index contributed by atoms with van der Waals surface area (Å²) in [6, 6.07) is 6.79. The topological polar surface area (TPSA) is 64.6 Å². The molecule has 0 bridgehead atoms. The highest BCUT2D eigenvalue weighted by atomic mass is 32.2. The van der Waals surface area contributed by atoms with Crippen molar-refractivity contribution in [1.82, 2.24) is 5.32 Å². The Labute approximate surface area is 120 Å². The predicted molar refractivity (Wildman–Crippen MR) is 76.9 cm³/mol. The van der Waals surface area contributed by atoms with Crippen LogP contribution in [0.25, 0.3) is 0 Å². The van der Waals surface area contributed by atoms with E-state index >= 15 is 0 Å². The molecular weight excluding hydrogens is 278 g/mol. The van der Waals surface area contributed by atoms with Crippen LogP contribution >= 0.6 is 0 Å².